The molecule has 1 saturated heterocycles. The Bertz CT molecular complexity index is 362. The molecule has 0 aromatic heterocycles. The lowest BCUT2D eigenvalue weighted by Gasteiger charge is -2.30. The lowest BCUT2D eigenvalue weighted by atomic mass is 9.90. The molecule has 0 amide bonds. The number of fused-ring (bicyclic) bond motifs is 1. The van der Waals surface area contributed by atoms with Gasteiger partial charge in [0, 0.05) is 18.2 Å². The molecular formula is C14H21N3. The van der Waals surface area contributed by atoms with E-state index in [-0.39, 0.29) is 0 Å². The van der Waals surface area contributed by atoms with Gasteiger partial charge in [-0.1, -0.05) is 18.2 Å². The first-order valence-electron chi connectivity index (χ1n) is 6.82. The smallest absolute Gasteiger partial charge is 0.128 e. The maximum atomic E-state index is 4.57. The molecule has 2 atom stereocenters. The maximum absolute atomic E-state index is 4.57. The van der Waals surface area contributed by atoms with Gasteiger partial charge >= 0.3 is 0 Å². The fourth-order valence-corrected chi connectivity index (χ4v) is 2.93. The van der Waals surface area contributed by atoms with E-state index >= 15 is 0 Å². The molecule has 1 fully saturated rings. The molecule has 3 aliphatic rings. The minimum absolute atomic E-state index is 0.480. The average Bonchev–Trinajstić information content (AvgIpc) is 2.40. The molecule has 0 aromatic rings. The summed E-state index contributed by atoms with van der Waals surface area (Å²) in [6.07, 6.45) is 11.9. The van der Waals surface area contributed by atoms with E-state index in [2.05, 4.69) is 33.9 Å². The Morgan fingerprint density at radius 1 is 1.41 bits per heavy atom. The van der Waals surface area contributed by atoms with Crippen molar-refractivity contribution in [1.29, 1.82) is 0 Å². The van der Waals surface area contributed by atoms with E-state index in [1.807, 2.05) is 0 Å². The third-order valence-corrected chi connectivity index (χ3v) is 3.85. The maximum Gasteiger partial charge on any atom is 0.128 e. The van der Waals surface area contributed by atoms with Gasteiger partial charge in [0.2, 0.25) is 0 Å². The molecule has 3 nitrogen and oxygen atoms in total. The molecule has 0 radical (unpaired) electrons. The highest BCUT2D eigenvalue weighted by Crippen LogP contribution is 2.20. The number of hydrogen-bond donors (Lipinski definition) is 2. The number of aliphatic imine (C=N–C) groups is 1. The number of nitrogens with one attached hydrogen (secondary N) is 2. The van der Waals surface area contributed by atoms with E-state index in [1.54, 1.807) is 0 Å². The molecule has 2 unspecified atom stereocenters. The summed E-state index contributed by atoms with van der Waals surface area (Å²) in [5, 5.41) is 7.06. The number of rotatable bonds is 2. The standard InChI is InChI=1S/C14H21N3/c1-3-11(10-15-7-1)9-13-6-5-12-4-2-8-16-14(12)17-13/h4-6,11,13,15H,1-3,7-10H2,(H,16,17). The van der Waals surface area contributed by atoms with Gasteiger partial charge in [-0.25, -0.2) is 0 Å². The van der Waals surface area contributed by atoms with E-state index in [4.69, 9.17) is 0 Å². The van der Waals surface area contributed by atoms with Crippen molar-refractivity contribution in [3.8, 4) is 0 Å². The summed E-state index contributed by atoms with van der Waals surface area (Å²) in [6.45, 7) is 3.32. The summed E-state index contributed by atoms with van der Waals surface area (Å²) in [7, 11) is 0. The molecule has 0 aliphatic carbocycles. The van der Waals surface area contributed by atoms with Crippen LogP contribution in [0.1, 0.15) is 25.7 Å². The summed E-state index contributed by atoms with van der Waals surface area (Å²) in [4.78, 5) is 4.57. The van der Waals surface area contributed by atoms with Crippen LogP contribution in [0, 0.1) is 5.92 Å². The Morgan fingerprint density at radius 3 is 3.29 bits per heavy atom. The van der Waals surface area contributed by atoms with Crippen molar-refractivity contribution in [3.05, 3.63) is 23.8 Å². The number of hydrogen-bond acceptors (Lipinski definition) is 3. The van der Waals surface area contributed by atoms with Crippen LogP contribution in [0.25, 0.3) is 0 Å². The predicted molar refractivity (Wildman–Crippen MR) is 71.3 cm³/mol. The minimum Gasteiger partial charge on any atom is -0.364 e. The van der Waals surface area contributed by atoms with Crippen molar-refractivity contribution in [2.75, 3.05) is 19.6 Å². The summed E-state index contributed by atoms with van der Waals surface area (Å²) in [5.74, 6) is 1.94. The van der Waals surface area contributed by atoms with Crippen LogP contribution in [-0.4, -0.2) is 31.5 Å². The third-order valence-electron chi connectivity index (χ3n) is 3.85. The third kappa shape index (κ3) is 2.60. The van der Waals surface area contributed by atoms with Gasteiger partial charge in [-0.3, -0.25) is 4.99 Å². The Labute approximate surface area is 103 Å². The zero-order valence-electron chi connectivity index (χ0n) is 10.3. The molecular weight excluding hydrogens is 210 g/mol. The van der Waals surface area contributed by atoms with Crippen LogP contribution in [0.4, 0.5) is 0 Å². The first kappa shape index (κ1) is 11.0. The van der Waals surface area contributed by atoms with Crippen LogP contribution in [-0.2, 0) is 0 Å². The quantitative estimate of drug-likeness (QED) is 0.758. The largest absolute Gasteiger partial charge is 0.364 e. The van der Waals surface area contributed by atoms with E-state index in [0.29, 0.717) is 6.04 Å². The van der Waals surface area contributed by atoms with Gasteiger partial charge < -0.3 is 10.6 Å². The van der Waals surface area contributed by atoms with Crippen LogP contribution in [0.3, 0.4) is 0 Å². The molecule has 92 valence electrons. The normalized spacial score (nSPS) is 32.2. The lowest BCUT2D eigenvalue weighted by molar-refractivity contribution is 0.341. The van der Waals surface area contributed by atoms with Crippen molar-refractivity contribution in [2.24, 2.45) is 10.9 Å². The van der Waals surface area contributed by atoms with E-state index in [9.17, 15) is 0 Å². The van der Waals surface area contributed by atoms with Gasteiger partial charge in [0.25, 0.3) is 0 Å². The molecule has 3 heteroatoms. The van der Waals surface area contributed by atoms with Crippen LogP contribution in [0.15, 0.2) is 28.8 Å². The fourth-order valence-electron chi connectivity index (χ4n) is 2.93. The van der Waals surface area contributed by atoms with Crippen molar-refractivity contribution in [1.82, 2.24) is 10.6 Å². The van der Waals surface area contributed by atoms with Gasteiger partial charge in [-0.15, -0.1) is 0 Å². The fraction of sp³-hybridized carbons (Fsp3) is 0.643. The monoisotopic (exact) mass is 231 g/mol. The summed E-state index contributed by atoms with van der Waals surface area (Å²) < 4.78 is 0. The molecule has 0 bridgehead atoms. The van der Waals surface area contributed by atoms with Crippen molar-refractivity contribution < 1.29 is 0 Å². The topological polar surface area (TPSA) is 36.4 Å². The van der Waals surface area contributed by atoms with Gasteiger partial charge in [0.05, 0.1) is 0 Å². The molecule has 3 rings (SSSR count). The van der Waals surface area contributed by atoms with Crippen LogP contribution >= 0.6 is 0 Å². The zero-order valence-corrected chi connectivity index (χ0v) is 10.3. The highest BCUT2D eigenvalue weighted by molar-refractivity contribution is 6.02. The van der Waals surface area contributed by atoms with Crippen LogP contribution in [0.2, 0.25) is 0 Å². The summed E-state index contributed by atoms with van der Waals surface area (Å²) in [6, 6.07) is 0.480. The highest BCUT2D eigenvalue weighted by Gasteiger charge is 2.21. The second kappa shape index (κ2) is 5.05. The average molecular weight is 231 g/mol. The van der Waals surface area contributed by atoms with Gasteiger partial charge in [-0.05, 0) is 44.7 Å². The van der Waals surface area contributed by atoms with Gasteiger partial charge in [0.1, 0.15) is 5.84 Å². The molecule has 3 heterocycles. The second-order valence-electron chi connectivity index (χ2n) is 5.24. The Kier molecular flexibility index (Phi) is 3.27. The molecule has 0 aromatic carbocycles. The highest BCUT2D eigenvalue weighted by atomic mass is 15.0. The van der Waals surface area contributed by atoms with Crippen LogP contribution in [0.5, 0.6) is 0 Å². The van der Waals surface area contributed by atoms with Gasteiger partial charge in [-0.2, -0.15) is 0 Å². The second-order valence-corrected chi connectivity index (χ2v) is 5.24. The summed E-state index contributed by atoms with van der Waals surface area (Å²) >= 11 is 0. The van der Waals surface area contributed by atoms with Gasteiger partial charge in [0.15, 0.2) is 0 Å². The first-order chi connectivity index (χ1) is 8.42. The molecule has 3 aliphatic heterocycles. The van der Waals surface area contributed by atoms with Crippen LogP contribution < -0.4 is 10.6 Å². The Balaban J connectivity index is 1.61. The number of piperidine rings is 1. The van der Waals surface area contributed by atoms with Crippen molar-refractivity contribution >= 4 is 5.84 Å². The van der Waals surface area contributed by atoms with E-state index < -0.39 is 0 Å². The summed E-state index contributed by atoms with van der Waals surface area (Å²) in [5.41, 5.74) is 1.29. The Hall–Kier alpha value is -1.09. The molecule has 0 saturated carbocycles. The molecule has 17 heavy (non-hydrogen) atoms. The lowest BCUT2D eigenvalue weighted by Crippen LogP contribution is -2.41. The number of nitrogens with zero attached hydrogens (tertiary/aromatic N) is 1. The Morgan fingerprint density at radius 2 is 2.41 bits per heavy atom. The van der Waals surface area contributed by atoms with E-state index in [1.165, 1.54) is 37.9 Å². The number of amidine groups is 1. The SMILES string of the molecule is C1=CC(CC2CCCNC2)NC2=NCCC=C12. The van der Waals surface area contributed by atoms with Crippen molar-refractivity contribution in [3.63, 3.8) is 0 Å². The molecule has 0 spiro atoms. The molecule has 2 N–H and O–H groups in total. The van der Waals surface area contributed by atoms with E-state index in [0.717, 1.165) is 24.7 Å². The number of dihydropyridines is 1. The zero-order chi connectivity index (χ0) is 11.5. The first-order valence-corrected chi connectivity index (χ1v) is 6.82. The van der Waals surface area contributed by atoms with Crippen molar-refractivity contribution in [2.45, 2.75) is 31.7 Å². The minimum atomic E-state index is 0.480. The predicted octanol–water partition coefficient (Wildman–Crippen LogP) is 1.63.